The van der Waals surface area contributed by atoms with Gasteiger partial charge >= 0.3 is 5.97 Å². The van der Waals surface area contributed by atoms with Gasteiger partial charge in [-0.25, -0.2) is 4.99 Å². The van der Waals surface area contributed by atoms with E-state index in [2.05, 4.69) is 10.3 Å². The van der Waals surface area contributed by atoms with Crippen molar-refractivity contribution < 1.29 is 18.7 Å². The Labute approximate surface area is 164 Å². The summed E-state index contributed by atoms with van der Waals surface area (Å²) < 4.78 is 10.2. The summed E-state index contributed by atoms with van der Waals surface area (Å²) >= 11 is 0. The van der Waals surface area contributed by atoms with Crippen LogP contribution in [0.3, 0.4) is 0 Å². The molecule has 0 aliphatic carbocycles. The first-order chi connectivity index (χ1) is 11.5. The van der Waals surface area contributed by atoms with Crippen LogP contribution in [0.1, 0.15) is 30.2 Å². The summed E-state index contributed by atoms with van der Waals surface area (Å²) in [7, 11) is 1.41. The molecule has 2 heterocycles. The molecule has 0 radical (unpaired) electrons. The lowest BCUT2D eigenvalue weighted by molar-refractivity contribution is -0.145. The maximum Gasteiger partial charge on any atom is 0.310 e. The Morgan fingerprint density at radius 2 is 2.16 bits per heavy atom. The number of primary amides is 1. The van der Waals surface area contributed by atoms with Gasteiger partial charge in [0.1, 0.15) is 12.3 Å². The van der Waals surface area contributed by atoms with Gasteiger partial charge in [0.15, 0.2) is 11.7 Å². The van der Waals surface area contributed by atoms with Crippen LogP contribution >= 0.6 is 24.0 Å². The highest BCUT2D eigenvalue weighted by atomic mass is 127. The molecule has 2 unspecified atom stereocenters. The van der Waals surface area contributed by atoms with Gasteiger partial charge in [0.25, 0.3) is 5.91 Å². The van der Waals surface area contributed by atoms with Gasteiger partial charge in [-0.2, -0.15) is 0 Å². The molecular formula is C16H25IN4O4. The third kappa shape index (κ3) is 5.35. The highest BCUT2D eigenvalue weighted by molar-refractivity contribution is 14.0. The molecule has 1 aromatic rings. The maximum absolute atomic E-state index is 11.8. The summed E-state index contributed by atoms with van der Waals surface area (Å²) in [6, 6.07) is 3.21. The Hall–Kier alpha value is -1.78. The van der Waals surface area contributed by atoms with Crippen LogP contribution in [-0.4, -0.2) is 49.5 Å². The van der Waals surface area contributed by atoms with E-state index in [1.807, 2.05) is 18.7 Å². The molecule has 1 aromatic heterocycles. The lowest BCUT2D eigenvalue weighted by Gasteiger charge is -2.21. The van der Waals surface area contributed by atoms with Crippen molar-refractivity contribution in [3.8, 4) is 0 Å². The van der Waals surface area contributed by atoms with Crippen molar-refractivity contribution in [3.05, 3.63) is 23.7 Å². The fraction of sp³-hybridized carbons (Fsp3) is 0.562. The molecule has 8 nitrogen and oxygen atoms in total. The smallest absolute Gasteiger partial charge is 0.310 e. The predicted molar refractivity (Wildman–Crippen MR) is 104 cm³/mol. The fourth-order valence-corrected chi connectivity index (χ4v) is 2.77. The van der Waals surface area contributed by atoms with Gasteiger partial charge in [0.2, 0.25) is 0 Å². The zero-order chi connectivity index (χ0) is 17.7. The van der Waals surface area contributed by atoms with Crippen LogP contribution in [0.15, 0.2) is 21.5 Å². The molecule has 0 aromatic carbocycles. The third-order valence-corrected chi connectivity index (χ3v) is 4.04. The number of halogens is 1. The lowest BCUT2D eigenvalue weighted by atomic mass is 9.99. The van der Waals surface area contributed by atoms with Crippen LogP contribution in [0, 0.1) is 11.8 Å². The van der Waals surface area contributed by atoms with Crippen LogP contribution in [0.5, 0.6) is 0 Å². The number of likely N-dealkylation sites (tertiary alicyclic amines) is 1. The van der Waals surface area contributed by atoms with Crippen molar-refractivity contribution in [2.75, 3.05) is 26.7 Å². The molecule has 1 saturated heterocycles. The number of hydrogen-bond acceptors (Lipinski definition) is 5. The van der Waals surface area contributed by atoms with Gasteiger partial charge < -0.3 is 25.1 Å². The summed E-state index contributed by atoms with van der Waals surface area (Å²) in [5, 5.41) is 3.21. The molecule has 140 valence electrons. The quantitative estimate of drug-likeness (QED) is 0.293. The topological polar surface area (TPSA) is 110 Å². The molecule has 0 bridgehead atoms. The summed E-state index contributed by atoms with van der Waals surface area (Å²) in [6.07, 6.45) is 0. The van der Waals surface area contributed by atoms with E-state index in [1.54, 1.807) is 6.07 Å². The molecule has 1 aliphatic heterocycles. The van der Waals surface area contributed by atoms with Gasteiger partial charge in [-0.05, 0) is 25.0 Å². The highest BCUT2D eigenvalue weighted by Gasteiger charge is 2.36. The number of rotatable bonds is 5. The molecule has 3 N–H and O–H groups in total. The number of nitrogens with zero attached hydrogens (tertiary/aromatic N) is 2. The molecule has 1 fully saturated rings. The number of ether oxygens (including phenoxy) is 1. The highest BCUT2D eigenvalue weighted by Crippen LogP contribution is 2.24. The number of hydrogen-bond donors (Lipinski definition) is 2. The normalized spacial score (nSPS) is 20.1. The van der Waals surface area contributed by atoms with E-state index in [0.29, 0.717) is 24.8 Å². The van der Waals surface area contributed by atoms with Crippen molar-refractivity contribution >= 4 is 41.8 Å². The summed E-state index contributed by atoms with van der Waals surface area (Å²) in [6.45, 7) is 6.27. The average Bonchev–Trinajstić information content (AvgIpc) is 3.17. The largest absolute Gasteiger partial charge is 0.469 e. The predicted octanol–water partition coefficient (Wildman–Crippen LogP) is 1.20. The van der Waals surface area contributed by atoms with Crippen LogP contribution in [0.2, 0.25) is 0 Å². The van der Waals surface area contributed by atoms with E-state index in [9.17, 15) is 9.59 Å². The van der Waals surface area contributed by atoms with Crippen LogP contribution in [0.4, 0.5) is 0 Å². The average molecular weight is 464 g/mol. The molecule has 0 saturated carbocycles. The number of aliphatic imine (C=N–C) groups is 1. The minimum absolute atomic E-state index is 0. The van der Waals surface area contributed by atoms with E-state index < -0.39 is 5.91 Å². The summed E-state index contributed by atoms with van der Waals surface area (Å²) in [5.41, 5.74) is 5.17. The minimum Gasteiger partial charge on any atom is -0.469 e. The Balaban J connectivity index is 0.00000312. The zero-order valence-corrected chi connectivity index (χ0v) is 17.0. The molecule has 2 rings (SSSR count). The van der Waals surface area contributed by atoms with Gasteiger partial charge in [-0.1, -0.05) is 6.92 Å². The van der Waals surface area contributed by atoms with Crippen LogP contribution in [0.25, 0.3) is 0 Å². The molecule has 1 amide bonds. The summed E-state index contributed by atoms with van der Waals surface area (Å²) in [5.74, 6) is 0.592. The second-order valence-corrected chi connectivity index (χ2v) is 5.81. The van der Waals surface area contributed by atoms with Crippen molar-refractivity contribution in [2.45, 2.75) is 20.4 Å². The third-order valence-electron chi connectivity index (χ3n) is 4.04. The van der Waals surface area contributed by atoms with E-state index in [-0.39, 0.29) is 54.1 Å². The molecule has 1 aliphatic rings. The molecular weight excluding hydrogens is 439 g/mol. The number of carbonyl (C=O) groups is 2. The SMILES string of the molecule is CCNC(=NCc1ccc(C(N)=O)o1)N1CC(C)C(C(=O)OC)C1.I. The van der Waals surface area contributed by atoms with Gasteiger partial charge in [-0.3, -0.25) is 9.59 Å². The molecule has 25 heavy (non-hydrogen) atoms. The number of carbonyl (C=O) groups excluding carboxylic acids is 2. The lowest BCUT2D eigenvalue weighted by Crippen LogP contribution is -2.40. The molecule has 9 heteroatoms. The van der Waals surface area contributed by atoms with E-state index in [1.165, 1.54) is 13.2 Å². The standard InChI is InChI=1S/C16H24N4O4.HI/c1-4-18-16(19-7-11-5-6-13(24-11)14(17)21)20-8-10(2)12(9-20)15(22)23-3;/h5-6,10,12H,4,7-9H2,1-3H3,(H2,17,21)(H,18,19);1H. The Morgan fingerprint density at radius 1 is 1.44 bits per heavy atom. The van der Waals surface area contributed by atoms with Crippen LogP contribution < -0.4 is 11.1 Å². The maximum atomic E-state index is 11.8. The van der Waals surface area contributed by atoms with Crippen molar-refractivity contribution in [1.29, 1.82) is 0 Å². The number of nitrogens with one attached hydrogen (secondary N) is 1. The first kappa shape index (κ1) is 21.3. The number of esters is 1. The zero-order valence-electron chi connectivity index (χ0n) is 14.7. The van der Waals surface area contributed by atoms with Gasteiger partial charge in [0.05, 0.1) is 13.0 Å². The van der Waals surface area contributed by atoms with Gasteiger partial charge in [-0.15, -0.1) is 24.0 Å². The number of nitrogens with two attached hydrogens (primary N) is 1. The first-order valence-electron chi connectivity index (χ1n) is 7.95. The second-order valence-electron chi connectivity index (χ2n) is 5.81. The Bertz CT molecular complexity index is 631. The Morgan fingerprint density at radius 3 is 2.72 bits per heavy atom. The van der Waals surface area contributed by atoms with E-state index in [4.69, 9.17) is 14.9 Å². The van der Waals surface area contributed by atoms with E-state index >= 15 is 0 Å². The second kappa shape index (κ2) is 9.64. The number of amides is 1. The number of guanidine groups is 1. The van der Waals surface area contributed by atoms with E-state index in [0.717, 1.165) is 6.54 Å². The first-order valence-corrected chi connectivity index (χ1v) is 7.95. The fourth-order valence-electron chi connectivity index (χ4n) is 2.77. The van der Waals surface area contributed by atoms with Crippen molar-refractivity contribution in [2.24, 2.45) is 22.6 Å². The Kier molecular flexibility index (Phi) is 8.20. The molecule has 2 atom stereocenters. The van der Waals surface area contributed by atoms with Crippen LogP contribution in [-0.2, 0) is 16.1 Å². The van der Waals surface area contributed by atoms with Gasteiger partial charge in [0, 0.05) is 19.6 Å². The van der Waals surface area contributed by atoms with Crippen molar-refractivity contribution in [3.63, 3.8) is 0 Å². The monoisotopic (exact) mass is 464 g/mol. The minimum atomic E-state index is -0.605. The molecule has 0 spiro atoms. The van der Waals surface area contributed by atoms with Crippen molar-refractivity contribution in [1.82, 2.24) is 10.2 Å². The number of furan rings is 1. The number of methoxy groups -OCH3 is 1. The summed E-state index contributed by atoms with van der Waals surface area (Å²) in [4.78, 5) is 29.4.